The molecule has 0 bridgehead atoms. The molecule has 3 aliphatic rings. The Morgan fingerprint density at radius 1 is 1.03 bits per heavy atom. The molecule has 2 aliphatic heterocycles. The Morgan fingerprint density at radius 2 is 1.69 bits per heavy atom. The van der Waals surface area contributed by atoms with Gasteiger partial charge in [0.1, 0.15) is 0 Å². The quantitative estimate of drug-likeness (QED) is 0.530. The first kappa shape index (κ1) is 23.3. The summed E-state index contributed by atoms with van der Waals surface area (Å²) >= 11 is 0. The van der Waals surface area contributed by atoms with Crippen LogP contribution in [0.3, 0.4) is 0 Å². The lowest BCUT2D eigenvalue weighted by Crippen LogP contribution is -2.53. The van der Waals surface area contributed by atoms with Crippen molar-refractivity contribution >= 4 is 17.5 Å². The lowest BCUT2D eigenvalue weighted by Gasteiger charge is -2.41. The van der Waals surface area contributed by atoms with Crippen LogP contribution in [0, 0.1) is 5.41 Å². The maximum Gasteiger partial charge on any atom is 0.237 e. The number of likely N-dealkylation sites (tertiary alicyclic amines) is 1. The van der Waals surface area contributed by atoms with Crippen LogP contribution in [0.1, 0.15) is 89.5 Å². The second kappa shape index (κ2) is 10.4. The number of piperidine rings is 1. The second-order valence-electron chi connectivity index (χ2n) is 10.2. The number of hydrogen-bond acceptors (Lipinski definition) is 3. The molecule has 0 radical (unpaired) electrons. The molecule has 4 rings (SSSR count). The van der Waals surface area contributed by atoms with Gasteiger partial charge in [-0.25, -0.2) is 0 Å². The number of unbranched alkanes of at least 4 members (excludes halogenated alkanes) is 2. The van der Waals surface area contributed by atoms with Crippen molar-refractivity contribution in [2.24, 2.45) is 5.41 Å². The molecule has 1 spiro atoms. The number of nitrogens with zero attached hydrogens (tertiary/aromatic N) is 2. The Balaban J connectivity index is 1.36. The van der Waals surface area contributed by atoms with Gasteiger partial charge in [-0.15, -0.1) is 0 Å². The van der Waals surface area contributed by atoms with Gasteiger partial charge in [-0.3, -0.25) is 14.5 Å². The summed E-state index contributed by atoms with van der Waals surface area (Å²) < 4.78 is 0. The number of amides is 2. The van der Waals surface area contributed by atoms with Gasteiger partial charge in [0, 0.05) is 18.8 Å². The van der Waals surface area contributed by atoms with Crippen LogP contribution < -0.4 is 10.2 Å². The summed E-state index contributed by atoms with van der Waals surface area (Å²) in [6, 6.07) is 8.65. The fraction of sp³-hybridized carbons (Fsp3) is 0.704. The van der Waals surface area contributed by atoms with E-state index in [2.05, 4.69) is 48.3 Å². The number of carbonyl (C=O) groups is 2. The first-order valence-corrected chi connectivity index (χ1v) is 13.0. The minimum atomic E-state index is -0.236. The van der Waals surface area contributed by atoms with E-state index in [-0.39, 0.29) is 17.4 Å². The number of nitrogens with one attached hydrogen (secondary N) is 1. The maximum absolute atomic E-state index is 13.5. The van der Waals surface area contributed by atoms with Crippen molar-refractivity contribution in [3.05, 3.63) is 29.8 Å². The molecular formula is C27H41N3O2. The van der Waals surface area contributed by atoms with E-state index in [9.17, 15) is 9.59 Å². The highest BCUT2D eigenvalue weighted by Gasteiger charge is 2.49. The van der Waals surface area contributed by atoms with Crippen LogP contribution in [-0.2, 0) is 9.59 Å². The van der Waals surface area contributed by atoms with E-state index in [0.29, 0.717) is 5.91 Å². The van der Waals surface area contributed by atoms with Gasteiger partial charge in [-0.05, 0) is 81.6 Å². The van der Waals surface area contributed by atoms with Crippen molar-refractivity contribution in [2.75, 3.05) is 31.1 Å². The van der Waals surface area contributed by atoms with E-state index in [1.165, 1.54) is 18.4 Å². The molecule has 2 heterocycles. The average molecular weight is 440 g/mol. The molecule has 1 aromatic carbocycles. The SMILES string of the molecule is CCCCNC(=O)C(CCCC)N1CCC2(CCN(c3ccc(C4CC4)cc3)C2=O)CC1. The molecule has 5 nitrogen and oxygen atoms in total. The van der Waals surface area contributed by atoms with E-state index in [4.69, 9.17) is 0 Å². The van der Waals surface area contributed by atoms with Gasteiger partial charge < -0.3 is 10.2 Å². The third-order valence-corrected chi connectivity index (χ3v) is 7.93. The first-order chi connectivity index (χ1) is 15.6. The zero-order chi connectivity index (χ0) is 22.6. The molecule has 176 valence electrons. The van der Waals surface area contributed by atoms with E-state index in [1.807, 2.05) is 4.90 Å². The summed E-state index contributed by atoms with van der Waals surface area (Å²) in [6.45, 7) is 7.60. The van der Waals surface area contributed by atoms with Crippen molar-refractivity contribution in [1.82, 2.24) is 10.2 Å². The third-order valence-electron chi connectivity index (χ3n) is 7.93. The largest absolute Gasteiger partial charge is 0.355 e. The van der Waals surface area contributed by atoms with Crippen molar-refractivity contribution in [3.63, 3.8) is 0 Å². The molecule has 5 heteroatoms. The lowest BCUT2D eigenvalue weighted by atomic mass is 9.76. The predicted octanol–water partition coefficient (Wildman–Crippen LogP) is 4.86. The van der Waals surface area contributed by atoms with Gasteiger partial charge in [-0.2, -0.15) is 0 Å². The normalized spacial score (nSPS) is 21.8. The Labute approximate surface area is 193 Å². The lowest BCUT2D eigenvalue weighted by molar-refractivity contribution is -0.131. The molecule has 1 aliphatic carbocycles. The predicted molar refractivity (Wildman–Crippen MR) is 130 cm³/mol. The molecule has 1 unspecified atom stereocenters. The van der Waals surface area contributed by atoms with E-state index < -0.39 is 0 Å². The monoisotopic (exact) mass is 439 g/mol. The Kier molecular flexibility index (Phi) is 7.55. The minimum Gasteiger partial charge on any atom is -0.355 e. The summed E-state index contributed by atoms with van der Waals surface area (Å²) in [6.07, 6.45) is 10.5. The molecular weight excluding hydrogens is 398 g/mol. The van der Waals surface area contributed by atoms with Gasteiger partial charge in [0.2, 0.25) is 11.8 Å². The zero-order valence-electron chi connectivity index (χ0n) is 20.1. The number of benzene rings is 1. The summed E-state index contributed by atoms with van der Waals surface area (Å²) in [5.74, 6) is 1.22. The summed E-state index contributed by atoms with van der Waals surface area (Å²) in [7, 11) is 0. The van der Waals surface area contributed by atoms with Crippen molar-refractivity contribution in [3.8, 4) is 0 Å². The maximum atomic E-state index is 13.5. The average Bonchev–Trinajstić information content (AvgIpc) is 3.62. The molecule has 0 aromatic heterocycles. The van der Waals surface area contributed by atoms with Crippen LogP contribution in [0.4, 0.5) is 5.69 Å². The number of anilines is 1. The molecule has 2 saturated heterocycles. The Morgan fingerprint density at radius 3 is 2.31 bits per heavy atom. The van der Waals surface area contributed by atoms with Gasteiger partial charge in [0.05, 0.1) is 11.5 Å². The first-order valence-electron chi connectivity index (χ1n) is 13.0. The second-order valence-corrected chi connectivity index (χ2v) is 10.2. The highest BCUT2D eigenvalue weighted by atomic mass is 16.2. The van der Waals surface area contributed by atoms with E-state index in [1.54, 1.807) is 0 Å². The minimum absolute atomic E-state index is 0.0493. The fourth-order valence-electron chi connectivity index (χ4n) is 5.52. The standard InChI is InChI=1S/C27H41N3O2/c1-3-5-7-24(25(31)28-17-6-4-2)29-18-14-27(15-19-29)16-20-30(26(27)32)23-12-10-22(11-13-23)21-8-9-21/h10-13,21,24H,3-9,14-20H2,1-2H3,(H,28,31). The molecule has 1 saturated carbocycles. The molecule has 1 N–H and O–H groups in total. The van der Waals surface area contributed by atoms with Crippen LogP contribution in [-0.4, -0.2) is 48.9 Å². The van der Waals surface area contributed by atoms with E-state index in [0.717, 1.165) is 89.2 Å². The molecule has 3 fully saturated rings. The number of carbonyl (C=O) groups excluding carboxylic acids is 2. The van der Waals surface area contributed by atoms with Crippen LogP contribution in [0.5, 0.6) is 0 Å². The number of hydrogen-bond donors (Lipinski definition) is 1. The van der Waals surface area contributed by atoms with Gasteiger partial charge in [0.25, 0.3) is 0 Å². The third kappa shape index (κ3) is 5.03. The highest BCUT2D eigenvalue weighted by molar-refractivity contribution is 6.00. The van der Waals surface area contributed by atoms with E-state index >= 15 is 0 Å². The summed E-state index contributed by atoms with van der Waals surface area (Å²) in [5, 5.41) is 3.15. The Hall–Kier alpha value is -1.88. The molecule has 1 atom stereocenters. The van der Waals surface area contributed by atoms with Gasteiger partial charge in [-0.1, -0.05) is 45.2 Å². The summed E-state index contributed by atoms with van der Waals surface area (Å²) in [4.78, 5) is 30.8. The van der Waals surface area contributed by atoms with Gasteiger partial charge in [0.15, 0.2) is 0 Å². The van der Waals surface area contributed by atoms with Crippen molar-refractivity contribution < 1.29 is 9.59 Å². The van der Waals surface area contributed by atoms with Crippen LogP contribution in [0.2, 0.25) is 0 Å². The summed E-state index contributed by atoms with van der Waals surface area (Å²) in [5.41, 5.74) is 2.23. The smallest absolute Gasteiger partial charge is 0.237 e. The van der Waals surface area contributed by atoms with Crippen molar-refractivity contribution in [1.29, 1.82) is 0 Å². The molecule has 2 amide bonds. The van der Waals surface area contributed by atoms with Gasteiger partial charge >= 0.3 is 0 Å². The molecule has 1 aromatic rings. The van der Waals surface area contributed by atoms with Crippen LogP contribution >= 0.6 is 0 Å². The number of rotatable bonds is 10. The zero-order valence-corrected chi connectivity index (χ0v) is 20.1. The molecule has 32 heavy (non-hydrogen) atoms. The van der Waals surface area contributed by atoms with Crippen LogP contribution in [0.25, 0.3) is 0 Å². The topological polar surface area (TPSA) is 52.7 Å². The Bertz CT molecular complexity index is 779. The van der Waals surface area contributed by atoms with Crippen molar-refractivity contribution in [2.45, 2.75) is 90.0 Å². The highest BCUT2D eigenvalue weighted by Crippen LogP contribution is 2.45. The fourth-order valence-corrected chi connectivity index (χ4v) is 5.52. The van der Waals surface area contributed by atoms with Crippen LogP contribution in [0.15, 0.2) is 24.3 Å².